The van der Waals surface area contributed by atoms with Crippen molar-refractivity contribution >= 4 is 29.5 Å². The molecule has 0 aliphatic rings. The van der Waals surface area contributed by atoms with Crippen molar-refractivity contribution in [2.75, 3.05) is 12.4 Å². The minimum Gasteiger partial charge on any atom is -0.497 e. The highest BCUT2D eigenvalue weighted by atomic mass is 16.6. The van der Waals surface area contributed by atoms with Crippen LogP contribution in [0.25, 0.3) is 0 Å². The monoisotopic (exact) mass is 463 g/mol. The Morgan fingerprint density at radius 2 is 1.26 bits per heavy atom. The van der Waals surface area contributed by atoms with Crippen LogP contribution in [0.15, 0.2) is 84.9 Å². The molecule has 0 radical (unpaired) electrons. The molecule has 0 bridgehead atoms. The number of carboxylic acid groups (broad SMARTS) is 1. The number of esters is 2. The number of nitrogens with one attached hydrogen (secondary N) is 1. The SMILES string of the molecule is COc1cccc(NC(=O)[C@H](OC(=O)c2ccccc2)[C@H](OC(=O)c2ccccc2)C(=O)O)c1. The molecule has 0 aromatic heterocycles. The number of anilines is 1. The second-order valence-electron chi connectivity index (χ2n) is 6.94. The van der Waals surface area contributed by atoms with Gasteiger partial charge >= 0.3 is 17.9 Å². The highest BCUT2D eigenvalue weighted by Crippen LogP contribution is 2.19. The third-order valence-corrected chi connectivity index (χ3v) is 4.60. The van der Waals surface area contributed by atoms with E-state index in [9.17, 15) is 24.3 Å². The molecule has 9 heteroatoms. The van der Waals surface area contributed by atoms with Crippen LogP contribution >= 0.6 is 0 Å². The molecule has 0 saturated heterocycles. The van der Waals surface area contributed by atoms with E-state index in [1.54, 1.807) is 48.5 Å². The normalized spacial score (nSPS) is 12.0. The van der Waals surface area contributed by atoms with Crippen LogP contribution in [0.1, 0.15) is 20.7 Å². The molecule has 3 rings (SSSR count). The quantitative estimate of drug-likeness (QED) is 0.463. The highest BCUT2D eigenvalue weighted by Gasteiger charge is 2.41. The Hall–Kier alpha value is -4.66. The van der Waals surface area contributed by atoms with E-state index in [-0.39, 0.29) is 16.8 Å². The smallest absolute Gasteiger partial charge is 0.349 e. The fourth-order valence-corrected chi connectivity index (χ4v) is 2.92. The van der Waals surface area contributed by atoms with E-state index in [0.29, 0.717) is 5.75 Å². The average molecular weight is 463 g/mol. The minimum absolute atomic E-state index is 0.0649. The number of carbonyl (C=O) groups excluding carboxylic acids is 3. The largest absolute Gasteiger partial charge is 0.497 e. The predicted molar refractivity (Wildman–Crippen MR) is 121 cm³/mol. The van der Waals surface area contributed by atoms with E-state index in [1.165, 1.54) is 43.5 Å². The summed E-state index contributed by atoms with van der Waals surface area (Å²) in [6, 6.07) is 21.6. The van der Waals surface area contributed by atoms with Crippen molar-refractivity contribution in [3.05, 3.63) is 96.1 Å². The van der Waals surface area contributed by atoms with Crippen molar-refractivity contribution in [1.82, 2.24) is 0 Å². The summed E-state index contributed by atoms with van der Waals surface area (Å²) in [4.78, 5) is 50.2. The lowest BCUT2D eigenvalue weighted by molar-refractivity contribution is -0.157. The molecule has 0 saturated carbocycles. The van der Waals surface area contributed by atoms with Crippen molar-refractivity contribution in [1.29, 1.82) is 0 Å². The Kier molecular flexibility index (Phi) is 7.96. The first-order valence-electron chi connectivity index (χ1n) is 10.1. The number of rotatable bonds is 9. The van der Waals surface area contributed by atoms with Gasteiger partial charge in [-0.05, 0) is 36.4 Å². The average Bonchev–Trinajstić information content (AvgIpc) is 2.86. The number of aliphatic carboxylic acids is 1. The maximum absolute atomic E-state index is 13.1. The van der Waals surface area contributed by atoms with Crippen LogP contribution in [-0.4, -0.2) is 48.2 Å². The molecule has 0 fully saturated rings. The highest BCUT2D eigenvalue weighted by molar-refractivity contribution is 6.01. The first-order chi connectivity index (χ1) is 16.4. The van der Waals surface area contributed by atoms with E-state index in [4.69, 9.17) is 14.2 Å². The summed E-state index contributed by atoms with van der Waals surface area (Å²) in [5.41, 5.74) is 0.402. The molecule has 2 atom stereocenters. The zero-order valence-electron chi connectivity index (χ0n) is 18.0. The number of hydrogen-bond acceptors (Lipinski definition) is 7. The standard InChI is InChI=1S/C25H21NO8/c1-32-19-14-8-13-18(15-19)26-22(27)20(33-24(30)16-9-4-2-5-10-16)21(23(28)29)34-25(31)17-11-6-3-7-12-17/h2-15,20-21H,1H3,(H,26,27)(H,28,29)/t20-,21+/m1/s1. The zero-order valence-corrected chi connectivity index (χ0v) is 18.0. The Balaban J connectivity index is 1.90. The summed E-state index contributed by atoms with van der Waals surface area (Å²) in [5, 5.41) is 12.2. The summed E-state index contributed by atoms with van der Waals surface area (Å²) in [5.74, 6) is -4.21. The molecule has 0 unspecified atom stereocenters. The molecule has 0 aliphatic heterocycles. The first-order valence-corrected chi connectivity index (χ1v) is 10.1. The van der Waals surface area contributed by atoms with Crippen LogP contribution < -0.4 is 10.1 Å². The van der Waals surface area contributed by atoms with Crippen LogP contribution in [0.2, 0.25) is 0 Å². The van der Waals surface area contributed by atoms with Crippen LogP contribution in [0.4, 0.5) is 5.69 Å². The summed E-state index contributed by atoms with van der Waals surface area (Å²) in [6.45, 7) is 0. The van der Waals surface area contributed by atoms with Gasteiger partial charge in [0, 0.05) is 11.8 Å². The second kappa shape index (κ2) is 11.3. The molecule has 34 heavy (non-hydrogen) atoms. The van der Waals surface area contributed by atoms with Gasteiger partial charge in [-0.2, -0.15) is 0 Å². The van der Waals surface area contributed by atoms with Crippen LogP contribution in [-0.2, 0) is 19.1 Å². The fourth-order valence-electron chi connectivity index (χ4n) is 2.92. The maximum atomic E-state index is 13.1. The van der Waals surface area contributed by atoms with E-state index >= 15 is 0 Å². The Labute approximate surface area is 194 Å². The molecular weight excluding hydrogens is 442 g/mol. The topological polar surface area (TPSA) is 128 Å². The Morgan fingerprint density at radius 1 is 0.735 bits per heavy atom. The van der Waals surface area contributed by atoms with Crippen molar-refractivity contribution < 1.29 is 38.5 Å². The van der Waals surface area contributed by atoms with E-state index in [1.807, 2.05) is 0 Å². The van der Waals surface area contributed by atoms with Crippen LogP contribution in [0, 0.1) is 0 Å². The van der Waals surface area contributed by atoms with E-state index in [0.717, 1.165) is 0 Å². The van der Waals surface area contributed by atoms with E-state index < -0.39 is 36.0 Å². The minimum atomic E-state index is -2.12. The lowest BCUT2D eigenvalue weighted by Crippen LogP contribution is -2.48. The molecule has 0 spiro atoms. The van der Waals surface area contributed by atoms with Gasteiger partial charge < -0.3 is 24.6 Å². The zero-order chi connectivity index (χ0) is 24.5. The molecule has 0 heterocycles. The third kappa shape index (κ3) is 6.19. The maximum Gasteiger partial charge on any atom is 0.349 e. The lowest BCUT2D eigenvalue weighted by Gasteiger charge is -2.23. The molecule has 3 aromatic rings. The van der Waals surface area contributed by atoms with E-state index in [2.05, 4.69) is 5.32 Å². The molecule has 2 N–H and O–H groups in total. The predicted octanol–water partition coefficient (Wildman–Crippen LogP) is 3.17. The summed E-state index contributed by atoms with van der Waals surface area (Å²) in [6.07, 6.45) is -4.12. The van der Waals surface area contributed by atoms with Gasteiger partial charge in [-0.15, -0.1) is 0 Å². The summed E-state index contributed by atoms with van der Waals surface area (Å²) in [7, 11) is 1.44. The van der Waals surface area contributed by atoms with Gasteiger partial charge in [-0.3, -0.25) is 4.79 Å². The fraction of sp³-hybridized carbons (Fsp3) is 0.120. The Morgan fingerprint density at radius 3 is 1.76 bits per heavy atom. The number of methoxy groups -OCH3 is 1. The number of hydrogen-bond donors (Lipinski definition) is 2. The van der Waals surface area contributed by atoms with Crippen molar-refractivity contribution in [2.24, 2.45) is 0 Å². The Bertz CT molecular complexity index is 1160. The number of benzene rings is 3. The van der Waals surface area contributed by atoms with Crippen molar-refractivity contribution in [3.8, 4) is 5.75 Å². The number of carbonyl (C=O) groups is 4. The number of ether oxygens (including phenoxy) is 3. The third-order valence-electron chi connectivity index (χ3n) is 4.60. The number of carboxylic acids is 1. The molecule has 174 valence electrons. The van der Waals surface area contributed by atoms with Gasteiger partial charge in [0.1, 0.15) is 5.75 Å². The molecule has 0 aliphatic carbocycles. The lowest BCUT2D eigenvalue weighted by atomic mass is 10.1. The van der Waals surface area contributed by atoms with Gasteiger partial charge in [0.25, 0.3) is 5.91 Å². The van der Waals surface area contributed by atoms with Gasteiger partial charge in [0.15, 0.2) is 0 Å². The van der Waals surface area contributed by atoms with Gasteiger partial charge in [-0.25, -0.2) is 14.4 Å². The van der Waals surface area contributed by atoms with Crippen molar-refractivity contribution in [2.45, 2.75) is 12.2 Å². The summed E-state index contributed by atoms with van der Waals surface area (Å²) >= 11 is 0. The van der Waals surface area contributed by atoms with Gasteiger partial charge in [-0.1, -0.05) is 42.5 Å². The van der Waals surface area contributed by atoms with Crippen LogP contribution in [0.5, 0.6) is 5.75 Å². The van der Waals surface area contributed by atoms with Gasteiger partial charge in [0.05, 0.1) is 18.2 Å². The molecule has 3 aromatic carbocycles. The molecule has 9 nitrogen and oxygen atoms in total. The van der Waals surface area contributed by atoms with Crippen LogP contribution in [0.3, 0.4) is 0 Å². The first kappa shape index (κ1) is 24.0. The van der Waals surface area contributed by atoms with Crippen molar-refractivity contribution in [3.63, 3.8) is 0 Å². The number of amides is 1. The molecule has 1 amide bonds. The molecular formula is C25H21NO8. The second-order valence-corrected chi connectivity index (χ2v) is 6.94. The summed E-state index contributed by atoms with van der Waals surface area (Å²) < 4.78 is 15.5. The van der Waals surface area contributed by atoms with Gasteiger partial charge in [0.2, 0.25) is 12.2 Å².